The molecule has 0 saturated carbocycles. The molecule has 2 heterocycles. The third kappa shape index (κ3) is 4.87. The summed E-state index contributed by atoms with van der Waals surface area (Å²) < 4.78 is 41.4. The highest BCUT2D eigenvalue weighted by molar-refractivity contribution is 5.92. The van der Waals surface area contributed by atoms with Gasteiger partial charge in [-0.25, -0.2) is 4.79 Å². The predicted molar refractivity (Wildman–Crippen MR) is 127 cm³/mol. The summed E-state index contributed by atoms with van der Waals surface area (Å²) in [4.78, 5) is 40.4. The summed E-state index contributed by atoms with van der Waals surface area (Å²) in [6.07, 6.45) is -3.66. The average Bonchev–Trinajstić information content (AvgIpc) is 2.83. The maximum atomic E-state index is 13.0. The van der Waals surface area contributed by atoms with Gasteiger partial charge in [-0.2, -0.15) is 13.2 Å². The van der Waals surface area contributed by atoms with Gasteiger partial charge in [0.05, 0.1) is 16.9 Å². The van der Waals surface area contributed by atoms with Crippen molar-refractivity contribution in [3.05, 3.63) is 86.7 Å². The van der Waals surface area contributed by atoms with Crippen molar-refractivity contribution in [2.24, 2.45) is 13.0 Å². The molecule has 184 valence electrons. The maximum absolute atomic E-state index is 13.0. The molecule has 0 spiro atoms. The molecule has 0 bridgehead atoms. The Hall–Kier alpha value is -3.82. The van der Waals surface area contributed by atoms with E-state index in [0.29, 0.717) is 43.0 Å². The standard InChI is InChI=1S/C25H25F3N4O3/c1-16-21(23(34)30(2)24(35)32(16)20-9-4-3-5-10-20)31-13-11-17(12-14-31)22(33)29-19-8-6-7-18(15-19)25(26,27)28/h3-10,15,17H,11-14H2,1-2H3,(H,29,33). The number of rotatable bonds is 4. The van der Waals surface area contributed by atoms with Gasteiger partial charge in [-0.05, 0) is 50.1 Å². The lowest BCUT2D eigenvalue weighted by Gasteiger charge is -2.34. The van der Waals surface area contributed by atoms with Gasteiger partial charge in [0.15, 0.2) is 0 Å². The fraction of sp³-hybridized carbons (Fsp3) is 0.320. The monoisotopic (exact) mass is 486 g/mol. The molecule has 1 N–H and O–H groups in total. The average molecular weight is 486 g/mol. The number of hydrogen-bond donors (Lipinski definition) is 1. The Morgan fingerprint density at radius 3 is 2.29 bits per heavy atom. The summed E-state index contributed by atoms with van der Waals surface area (Å²) in [5.41, 5.74) is -0.0488. The van der Waals surface area contributed by atoms with Gasteiger partial charge in [-0.1, -0.05) is 24.3 Å². The highest BCUT2D eigenvalue weighted by Gasteiger charge is 2.32. The first-order chi connectivity index (χ1) is 16.6. The smallest absolute Gasteiger partial charge is 0.366 e. The van der Waals surface area contributed by atoms with Crippen molar-refractivity contribution in [3.63, 3.8) is 0 Å². The summed E-state index contributed by atoms with van der Waals surface area (Å²) in [7, 11) is 1.43. The number of alkyl halides is 3. The highest BCUT2D eigenvalue weighted by atomic mass is 19.4. The number of nitrogens with zero attached hydrogens (tertiary/aromatic N) is 3. The van der Waals surface area contributed by atoms with E-state index in [-0.39, 0.29) is 11.6 Å². The van der Waals surface area contributed by atoms with E-state index in [1.807, 2.05) is 11.0 Å². The molecule has 0 unspecified atom stereocenters. The van der Waals surface area contributed by atoms with Gasteiger partial charge < -0.3 is 10.2 Å². The first-order valence-electron chi connectivity index (χ1n) is 11.2. The Kier molecular flexibility index (Phi) is 6.56. The lowest BCUT2D eigenvalue weighted by molar-refractivity contribution is -0.137. The number of hydrogen-bond acceptors (Lipinski definition) is 4. The third-order valence-electron chi connectivity index (χ3n) is 6.32. The van der Waals surface area contributed by atoms with Crippen molar-refractivity contribution in [1.29, 1.82) is 0 Å². The second-order valence-electron chi connectivity index (χ2n) is 8.58. The number of halogens is 3. The molecule has 2 aromatic carbocycles. The van der Waals surface area contributed by atoms with Crippen LogP contribution in [-0.2, 0) is 18.0 Å². The Balaban J connectivity index is 1.52. The molecule has 0 aliphatic carbocycles. The third-order valence-corrected chi connectivity index (χ3v) is 6.32. The molecule has 1 saturated heterocycles. The van der Waals surface area contributed by atoms with Crippen molar-refractivity contribution >= 4 is 17.3 Å². The highest BCUT2D eigenvalue weighted by Crippen LogP contribution is 2.31. The molecular formula is C25H25F3N4O3. The fourth-order valence-corrected chi connectivity index (χ4v) is 4.43. The van der Waals surface area contributed by atoms with Gasteiger partial charge in [0.1, 0.15) is 5.69 Å². The molecule has 0 atom stereocenters. The SMILES string of the molecule is Cc1c(N2CCC(C(=O)Nc3cccc(C(F)(F)F)c3)CC2)c(=O)n(C)c(=O)n1-c1ccccc1. The van der Waals surface area contributed by atoms with Crippen molar-refractivity contribution in [3.8, 4) is 5.69 Å². The van der Waals surface area contributed by atoms with E-state index in [1.54, 1.807) is 31.2 Å². The molecule has 3 aromatic rings. The van der Waals surface area contributed by atoms with Crippen molar-refractivity contribution in [2.75, 3.05) is 23.3 Å². The summed E-state index contributed by atoms with van der Waals surface area (Å²) in [6.45, 7) is 2.51. The number of carbonyl (C=O) groups is 1. The summed E-state index contributed by atoms with van der Waals surface area (Å²) >= 11 is 0. The van der Waals surface area contributed by atoms with Gasteiger partial charge in [0, 0.05) is 31.7 Å². The molecule has 10 heteroatoms. The lowest BCUT2D eigenvalue weighted by Crippen LogP contribution is -2.46. The topological polar surface area (TPSA) is 76.3 Å². The molecular weight excluding hydrogens is 461 g/mol. The van der Waals surface area contributed by atoms with Crippen LogP contribution < -0.4 is 21.5 Å². The van der Waals surface area contributed by atoms with Crippen molar-refractivity contribution in [1.82, 2.24) is 9.13 Å². The summed E-state index contributed by atoms with van der Waals surface area (Å²) in [5.74, 6) is -0.771. The number of amides is 1. The van der Waals surface area contributed by atoms with E-state index in [9.17, 15) is 27.6 Å². The number of carbonyl (C=O) groups excluding carboxylic acids is 1. The number of aromatic nitrogens is 2. The second-order valence-corrected chi connectivity index (χ2v) is 8.58. The van der Waals surface area contributed by atoms with Gasteiger partial charge in [0.25, 0.3) is 5.56 Å². The number of anilines is 2. The van der Waals surface area contributed by atoms with Gasteiger partial charge in [0.2, 0.25) is 5.91 Å². The van der Waals surface area contributed by atoms with Gasteiger partial charge in [-0.15, -0.1) is 0 Å². The molecule has 1 aliphatic rings. The Morgan fingerprint density at radius 2 is 1.66 bits per heavy atom. The molecule has 35 heavy (non-hydrogen) atoms. The Bertz CT molecular complexity index is 1360. The minimum atomic E-state index is -4.49. The van der Waals surface area contributed by atoms with Crippen LogP contribution in [0.4, 0.5) is 24.5 Å². The van der Waals surface area contributed by atoms with Crippen LogP contribution in [0.5, 0.6) is 0 Å². The van der Waals surface area contributed by atoms with Crippen molar-refractivity contribution < 1.29 is 18.0 Å². The van der Waals surface area contributed by atoms with Crippen molar-refractivity contribution in [2.45, 2.75) is 25.9 Å². The fourth-order valence-electron chi connectivity index (χ4n) is 4.43. The number of piperidine rings is 1. The Morgan fingerprint density at radius 1 is 1.00 bits per heavy atom. The predicted octanol–water partition coefficient (Wildman–Crippen LogP) is 3.72. The van der Waals surface area contributed by atoms with Crippen LogP contribution in [0.3, 0.4) is 0 Å². The lowest BCUT2D eigenvalue weighted by atomic mass is 9.95. The zero-order valence-corrected chi connectivity index (χ0v) is 19.3. The minimum Gasteiger partial charge on any atom is -0.366 e. The second kappa shape index (κ2) is 9.44. The summed E-state index contributed by atoms with van der Waals surface area (Å²) in [6, 6.07) is 13.5. The van der Waals surface area contributed by atoms with Crippen LogP contribution >= 0.6 is 0 Å². The van der Waals surface area contributed by atoms with Crippen LogP contribution in [0.15, 0.2) is 64.2 Å². The maximum Gasteiger partial charge on any atom is 0.416 e. The Labute approximate surface area is 199 Å². The molecule has 1 aliphatic heterocycles. The van der Waals surface area contributed by atoms with E-state index in [1.165, 1.54) is 23.7 Å². The number of para-hydroxylation sites is 1. The van der Waals surface area contributed by atoms with Gasteiger partial charge in [-0.3, -0.25) is 18.7 Å². The van der Waals surface area contributed by atoms with E-state index >= 15 is 0 Å². The zero-order chi connectivity index (χ0) is 25.3. The molecule has 7 nitrogen and oxygen atoms in total. The molecule has 1 fully saturated rings. The normalized spacial score (nSPS) is 14.7. The first-order valence-corrected chi connectivity index (χ1v) is 11.2. The zero-order valence-electron chi connectivity index (χ0n) is 19.3. The van der Waals surface area contributed by atoms with E-state index in [4.69, 9.17) is 0 Å². The quantitative estimate of drug-likeness (QED) is 0.610. The summed E-state index contributed by atoms with van der Waals surface area (Å²) in [5, 5.41) is 2.58. The number of benzene rings is 2. The molecule has 1 amide bonds. The van der Waals surface area contributed by atoms with Crippen LogP contribution in [0.1, 0.15) is 24.1 Å². The molecule has 0 radical (unpaired) electrons. The number of nitrogens with one attached hydrogen (secondary N) is 1. The van der Waals surface area contributed by atoms with Crippen LogP contribution in [0.2, 0.25) is 0 Å². The van der Waals surface area contributed by atoms with Crippen LogP contribution in [0.25, 0.3) is 5.69 Å². The van der Waals surface area contributed by atoms with E-state index in [2.05, 4.69) is 5.32 Å². The van der Waals surface area contributed by atoms with Crippen LogP contribution in [-0.4, -0.2) is 28.1 Å². The molecule has 1 aromatic heterocycles. The van der Waals surface area contributed by atoms with Crippen LogP contribution in [0, 0.1) is 12.8 Å². The van der Waals surface area contributed by atoms with Gasteiger partial charge >= 0.3 is 11.9 Å². The first kappa shape index (κ1) is 24.3. The van der Waals surface area contributed by atoms with E-state index in [0.717, 1.165) is 16.7 Å². The minimum absolute atomic E-state index is 0.0897. The largest absolute Gasteiger partial charge is 0.416 e. The van der Waals surface area contributed by atoms with E-state index < -0.39 is 28.9 Å². The molecule has 4 rings (SSSR count).